The molecule has 0 saturated carbocycles. The van der Waals surface area contributed by atoms with Crippen molar-refractivity contribution in [1.82, 2.24) is 0 Å². The third-order valence-electron chi connectivity index (χ3n) is 2.48. The van der Waals surface area contributed by atoms with E-state index in [0.717, 1.165) is 13.0 Å². The second-order valence-electron chi connectivity index (χ2n) is 4.22. The fourth-order valence-electron chi connectivity index (χ4n) is 1.39. The van der Waals surface area contributed by atoms with Gasteiger partial charge in [0.1, 0.15) is 0 Å². The van der Waals surface area contributed by atoms with E-state index in [1.54, 1.807) is 6.26 Å². The third-order valence-corrected chi connectivity index (χ3v) is 2.48. The minimum Gasteiger partial charge on any atom is -0.501 e. The van der Waals surface area contributed by atoms with Crippen molar-refractivity contribution in [3.05, 3.63) is 36.6 Å². The van der Waals surface area contributed by atoms with Gasteiger partial charge in [0.15, 0.2) is 0 Å². The van der Waals surface area contributed by atoms with Gasteiger partial charge in [0, 0.05) is 0 Å². The van der Waals surface area contributed by atoms with Gasteiger partial charge in [0.05, 0.1) is 12.9 Å². The van der Waals surface area contributed by atoms with Crippen molar-refractivity contribution in [2.75, 3.05) is 6.61 Å². The summed E-state index contributed by atoms with van der Waals surface area (Å²) in [7, 11) is 0. The molecule has 0 atom stereocenters. The summed E-state index contributed by atoms with van der Waals surface area (Å²) in [4.78, 5) is 0. The van der Waals surface area contributed by atoms with Crippen molar-refractivity contribution in [3.8, 4) is 0 Å². The highest BCUT2D eigenvalue weighted by atomic mass is 16.5. The molecule has 0 saturated heterocycles. The van der Waals surface area contributed by atoms with E-state index in [1.165, 1.54) is 38.5 Å². The van der Waals surface area contributed by atoms with Gasteiger partial charge < -0.3 is 4.74 Å². The van der Waals surface area contributed by atoms with Crippen molar-refractivity contribution in [2.24, 2.45) is 0 Å². The molecule has 0 aromatic rings. The molecule has 0 heterocycles. The molecule has 0 N–H and O–H groups in total. The maximum atomic E-state index is 5.29. The van der Waals surface area contributed by atoms with Crippen LogP contribution in [-0.2, 0) is 4.74 Å². The Kier molecular flexibility index (Phi) is 14.2. The lowest BCUT2D eigenvalue weighted by Crippen LogP contribution is -1.84. The Bertz CT molecular complexity index is 214. The van der Waals surface area contributed by atoms with Crippen LogP contribution in [0.3, 0.4) is 0 Å². The second kappa shape index (κ2) is 15.0. The van der Waals surface area contributed by atoms with Crippen molar-refractivity contribution in [1.29, 1.82) is 0 Å². The summed E-state index contributed by atoms with van der Waals surface area (Å²) in [5, 5.41) is 0. The summed E-state index contributed by atoms with van der Waals surface area (Å²) in [6.07, 6.45) is 21.0. The molecule has 17 heavy (non-hydrogen) atoms. The molecule has 0 aromatic carbocycles. The maximum absolute atomic E-state index is 5.29. The molecule has 98 valence electrons. The molecule has 0 aromatic heterocycles. The number of unbranched alkanes of at least 4 members (excludes halogenated alkanes) is 5. The lowest BCUT2D eigenvalue weighted by atomic mass is 10.1. The lowest BCUT2D eigenvalue weighted by molar-refractivity contribution is 0.244. The highest BCUT2D eigenvalue weighted by molar-refractivity contribution is 5.09. The molecule has 0 unspecified atom stereocenters. The summed E-state index contributed by atoms with van der Waals surface area (Å²) in [5.74, 6) is 0. The number of hydrogen-bond donors (Lipinski definition) is 0. The van der Waals surface area contributed by atoms with E-state index >= 15 is 0 Å². The smallest absolute Gasteiger partial charge is 0.0873 e. The Morgan fingerprint density at radius 1 is 0.765 bits per heavy atom. The fourth-order valence-corrected chi connectivity index (χ4v) is 1.39. The zero-order valence-electron chi connectivity index (χ0n) is 11.5. The fraction of sp³-hybridized carbons (Fsp3) is 0.625. The first kappa shape index (κ1) is 16.0. The zero-order chi connectivity index (χ0) is 12.6. The average molecular weight is 236 g/mol. The molecule has 1 heteroatoms. The largest absolute Gasteiger partial charge is 0.501 e. The predicted molar refractivity (Wildman–Crippen MR) is 77.0 cm³/mol. The van der Waals surface area contributed by atoms with Crippen LogP contribution in [0, 0.1) is 0 Å². The van der Waals surface area contributed by atoms with Crippen LogP contribution in [0.15, 0.2) is 36.6 Å². The molecule has 0 aliphatic carbocycles. The van der Waals surface area contributed by atoms with E-state index < -0.39 is 0 Å². The van der Waals surface area contributed by atoms with Gasteiger partial charge >= 0.3 is 0 Å². The van der Waals surface area contributed by atoms with Crippen LogP contribution >= 0.6 is 0 Å². The molecule has 0 rings (SSSR count). The van der Waals surface area contributed by atoms with Gasteiger partial charge in [-0.1, -0.05) is 63.8 Å². The first-order chi connectivity index (χ1) is 8.41. The topological polar surface area (TPSA) is 9.23 Å². The van der Waals surface area contributed by atoms with Crippen molar-refractivity contribution >= 4 is 0 Å². The molecule has 1 nitrogen and oxygen atoms in total. The predicted octanol–water partition coefficient (Wildman–Crippen LogP) is 5.40. The number of ether oxygens (including phenoxy) is 1. The summed E-state index contributed by atoms with van der Waals surface area (Å²) >= 11 is 0. The lowest BCUT2D eigenvalue weighted by Gasteiger charge is -1.95. The SMILES string of the molecule is CCCCCCC=CC=CC=COCCCC. The highest BCUT2D eigenvalue weighted by Crippen LogP contribution is 2.02. The summed E-state index contributed by atoms with van der Waals surface area (Å²) in [6, 6.07) is 0. The summed E-state index contributed by atoms with van der Waals surface area (Å²) in [6.45, 7) is 5.24. The van der Waals surface area contributed by atoms with E-state index in [2.05, 4.69) is 32.1 Å². The van der Waals surface area contributed by atoms with E-state index in [9.17, 15) is 0 Å². The van der Waals surface area contributed by atoms with E-state index in [4.69, 9.17) is 4.74 Å². The zero-order valence-corrected chi connectivity index (χ0v) is 11.5. The second-order valence-corrected chi connectivity index (χ2v) is 4.22. The van der Waals surface area contributed by atoms with Crippen LogP contribution in [0.4, 0.5) is 0 Å². The normalized spacial score (nSPS) is 12.1. The highest BCUT2D eigenvalue weighted by Gasteiger charge is 1.83. The molecule has 0 spiro atoms. The molecular weight excluding hydrogens is 208 g/mol. The van der Waals surface area contributed by atoms with Crippen LogP contribution in [0.1, 0.15) is 58.8 Å². The van der Waals surface area contributed by atoms with Crippen molar-refractivity contribution in [2.45, 2.75) is 58.8 Å². The van der Waals surface area contributed by atoms with Gasteiger partial charge in [-0.15, -0.1) is 0 Å². The van der Waals surface area contributed by atoms with Gasteiger partial charge in [0.2, 0.25) is 0 Å². The standard InChI is InChI=1S/C16H28O/c1-3-5-7-8-9-10-11-12-13-14-16-17-15-6-4-2/h10-14,16H,3-9,15H2,1-2H3. The van der Waals surface area contributed by atoms with Gasteiger partial charge in [-0.3, -0.25) is 0 Å². The van der Waals surface area contributed by atoms with Crippen LogP contribution < -0.4 is 0 Å². The Morgan fingerprint density at radius 2 is 1.53 bits per heavy atom. The average Bonchev–Trinajstić information content (AvgIpc) is 2.35. The first-order valence-electron chi connectivity index (χ1n) is 7.01. The molecular formula is C16H28O. The van der Waals surface area contributed by atoms with E-state index in [1.807, 2.05) is 12.2 Å². The molecule has 0 bridgehead atoms. The summed E-state index contributed by atoms with van der Waals surface area (Å²) in [5.41, 5.74) is 0. The molecule has 0 aliphatic rings. The molecule has 0 radical (unpaired) electrons. The Hall–Kier alpha value is -0.980. The Balaban J connectivity index is 3.30. The maximum Gasteiger partial charge on any atom is 0.0873 e. The van der Waals surface area contributed by atoms with Crippen molar-refractivity contribution < 1.29 is 4.74 Å². The van der Waals surface area contributed by atoms with Gasteiger partial charge in [-0.25, -0.2) is 0 Å². The minimum atomic E-state index is 0.827. The Morgan fingerprint density at radius 3 is 2.29 bits per heavy atom. The number of hydrogen-bond acceptors (Lipinski definition) is 1. The number of allylic oxidation sites excluding steroid dienone is 5. The minimum absolute atomic E-state index is 0.827. The first-order valence-corrected chi connectivity index (χ1v) is 7.01. The van der Waals surface area contributed by atoms with E-state index in [-0.39, 0.29) is 0 Å². The van der Waals surface area contributed by atoms with Crippen LogP contribution in [0.5, 0.6) is 0 Å². The number of rotatable bonds is 11. The summed E-state index contributed by atoms with van der Waals surface area (Å²) < 4.78 is 5.29. The van der Waals surface area contributed by atoms with Gasteiger partial charge in [-0.2, -0.15) is 0 Å². The molecule has 0 fully saturated rings. The molecule has 0 aliphatic heterocycles. The Labute approximate surface area is 107 Å². The van der Waals surface area contributed by atoms with Crippen LogP contribution in [-0.4, -0.2) is 6.61 Å². The van der Waals surface area contributed by atoms with Crippen LogP contribution in [0.2, 0.25) is 0 Å². The van der Waals surface area contributed by atoms with Gasteiger partial charge in [-0.05, 0) is 25.3 Å². The van der Waals surface area contributed by atoms with E-state index in [0.29, 0.717) is 0 Å². The third kappa shape index (κ3) is 15.0. The monoisotopic (exact) mass is 236 g/mol. The molecule has 0 amide bonds. The van der Waals surface area contributed by atoms with Crippen LogP contribution in [0.25, 0.3) is 0 Å². The van der Waals surface area contributed by atoms with Gasteiger partial charge in [0.25, 0.3) is 0 Å². The quantitative estimate of drug-likeness (QED) is 0.265. The van der Waals surface area contributed by atoms with Crippen molar-refractivity contribution in [3.63, 3.8) is 0 Å².